The van der Waals surface area contributed by atoms with Gasteiger partial charge in [0.2, 0.25) is 0 Å². The van der Waals surface area contributed by atoms with Gasteiger partial charge in [-0.15, -0.1) is 0 Å². The zero-order chi connectivity index (χ0) is 18.5. The number of sulfonamides is 1. The van der Waals surface area contributed by atoms with E-state index < -0.39 is 22.3 Å². The van der Waals surface area contributed by atoms with Gasteiger partial charge < -0.3 is 9.47 Å². The number of anilines is 1. The van der Waals surface area contributed by atoms with Crippen molar-refractivity contribution in [2.24, 2.45) is 0 Å². The second-order valence-electron chi connectivity index (χ2n) is 4.83. The van der Waals surface area contributed by atoms with Gasteiger partial charge in [-0.3, -0.25) is 0 Å². The Morgan fingerprint density at radius 3 is 2.04 bits per heavy atom. The van der Waals surface area contributed by atoms with Gasteiger partial charge in [-0.2, -0.15) is 21.6 Å². The number of rotatable bonds is 7. The lowest BCUT2D eigenvalue weighted by Crippen LogP contribution is -2.42. The van der Waals surface area contributed by atoms with E-state index in [2.05, 4.69) is 0 Å². The van der Waals surface area contributed by atoms with E-state index in [-0.39, 0.29) is 16.6 Å². The van der Waals surface area contributed by atoms with Gasteiger partial charge in [-0.1, -0.05) is 18.2 Å². The molecule has 0 amide bonds. The van der Waals surface area contributed by atoms with Gasteiger partial charge in [0.05, 0.1) is 5.69 Å². The fourth-order valence-corrected chi connectivity index (χ4v) is 2.75. The molecule has 25 heavy (non-hydrogen) atoms. The van der Waals surface area contributed by atoms with Crippen LogP contribution < -0.4 is 9.04 Å². The molecule has 0 heterocycles. The minimum absolute atomic E-state index is 0.0685. The van der Waals surface area contributed by atoms with Crippen LogP contribution in [-0.4, -0.2) is 27.3 Å². The minimum atomic E-state index is -5.57. The van der Waals surface area contributed by atoms with Crippen LogP contribution in [0, 0.1) is 0 Å². The summed E-state index contributed by atoms with van der Waals surface area (Å²) in [7, 11) is -5.57. The number of para-hydroxylation sites is 1. The molecule has 0 bridgehead atoms. The molecule has 2 aromatic carbocycles. The molecule has 0 aliphatic rings. The van der Waals surface area contributed by atoms with Gasteiger partial charge in [-0.05, 0) is 43.3 Å². The Kier molecular flexibility index (Phi) is 5.91. The Hall–Kier alpha value is -2.26. The first-order chi connectivity index (χ1) is 11.8. The van der Waals surface area contributed by atoms with Gasteiger partial charge >= 0.3 is 15.5 Å². The number of alkyl halides is 3. The summed E-state index contributed by atoms with van der Waals surface area (Å²) in [5, 5.41) is 0. The first-order valence-corrected chi connectivity index (χ1v) is 8.69. The largest absolute Gasteiger partial charge is 0.516 e. The fourth-order valence-electron chi connectivity index (χ4n) is 1.89. The lowest BCUT2D eigenvalue weighted by atomic mass is 10.3. The average Bonchev–Trinajstić information content (AvgIpc) is 2.56. The van der Waals surface area contributed by atoms with Crippen molar-refractivity contribution in [2.75, 3.05) is 17.6 Å². The molecule has 2 rings (SSSR count). The van der Waals surface area contributed by atoms with E-state index in [1.165, 1.54) is 24.3 Å². The smallest absolute Gasteiger partial charge is 0.457 e. The summed E-state index contributed by atoms with van der Waals surface area (Å²) < 4.78 is 72.6. The second-order valence-corrected chi connectivity index (χ2v) is 6.68. The van der Waals surface area contributed by atoms with E-state index in [0.29, 0.717) is 11.5 Å². The number of ether oxygens (including phenoxy) is 2. The van der Waals surface area contributed by atoms with Crippen LogP contribution in [-0.2, 0) is 14.8 Å². The van der Waals surface area contributed by atoms with Gasteiger partial charge in [0.15, 0.2) is 0 Å². The summed E-state index contributed by atoms with van der Waals surface area (Å²) in [5.41, 5.74) is -5.60. The van der Waals surface area contributed by atoms with Crippen molar-refractivity contribution >= 4 is 15.7 Å². The van der Waals surface area contributed by atoms with E-state index in [4.69, 9.17) is 9.47 Å². The predicted molar refractivity (Wildman–Crippen MR) is 86.9 cm³/mol. The monoisotopic (exact) mass is 375 g/mol. The highest BCUT2D eigenvalue weighted by molar-refractivity contribution is 7.93. The number of hydrogen-bond acceptors (Lipinski definition) is 4. The van der Waals surface area contributed by atoms with Crippen LogP contribution in [0.4, 0.5) is 18.9 Å². The quantitative estimate of drug-likeness (QED) is 0.683. The van der Waals surface area contributed by atoms with E-state index in [0.717, 1.165) is 0 Å². The highest BCUT2D eigenvalue weighted by Crippen LogP contribution is 2.32. The molecule has 0 aromatic heterocycles. The van der Waals surface area contributed by atoms with Crippen LogP contribution in [0.5, 0.6) is 11.5 Å². The van der Waals surface area contributed by atoms with Crippen molar-refractivity contribution < 1.29 is 31.1 Å². The van der Waals surface area contributed by atoms with Crippen LogP contribution in [0.3, 0.4) is 0 Å². The Labute approximate surface area is 143 Å². The molecule has 9 heteroatoms. The number of nitrogens with zero attached hydrogens (tertiary/aromatic N) is 1. The normalized spacial score (nSPS) is 12.0. The lowest BCUT2D eigenvalue weighted by molar-refractivity contribution is -0.0445. The third kappa shape index (κ3) is 4.64. The molecule has 0 aliphatic carbocycles. The Balaban J connectivity index is 2.26. The van der Waals surface area contributed by atoms with Crippen LogP contribution in [0.15, 0.2) is 54.6 Å². The van der Waals surface area contributed by atoms with Crippen LogP contribution >= 0.6 is 0 Å². The first kappa shape index (κ1) is 19.1. The summed E-state index contributed by atoms with van der Waals surface area (Å²) in [5.74, 6) is 0.903. The molecule has 0 N–H and O–H groups in total. The molecule has 5 nitrogen and oxygen atoms in total. The summed E-state index contributed by atoms with van der Waals surface area (Å²) in [6.45, 7) is 0.880. The van der Waals surface area contributed by atoms with Crippen molar-refractivity contribution in [3.05, 3.63) is 54.6 Å². The molecular weight excluding hydrogens is 359 g/mol. The van der Waals surface area contributed by atoms with Crippen LogP contribution in [0.1, 0.15) is 6.92 Å². The van der Waals surface area contributed by atoms with Crippen molar-refractivity contribution in [3.8, 4) is 11.5 Å². The number of halogens is 3. The van der Waals surface area contributed by atoms with E-state index in [1.54, 1.807) is 31.2 Å². The molecular formula is C16H16F3NO4S. The molecule has 0 spiro atoms. The fraction of sp³-hybridized carbons (Fsp3) is 0.250. The first-order valence-electron chi connectivity index (χ1n) is 7.25. The van der Waals surface area contributed by atoms with Crippen LogP contribution in [0.2, 0.25) is 0 Å². The van der Waals surface area contributed by atoms with Crippen molar-refractivity contribution in [1.29, 1.82) is 0 Å². The Bertz CT molecular complexity index is 777. The van der Waals surface area contributed by atoms with Gasteiger partial charge in [0, 0.05) is 6.61 Å². The van der Waals surface area contributed by atoms with Crippen LogP contribution in [0.25, 0.3) is 0 Å². The molecule has 136 valence electrons. The third-order valence-corrected chi connectivity index (χ3v) is 4.58. The SMILES string of the molecule is CCOCN(c1ccc(Oc2ccccc2)cc1)S(=O)(=O)C(F)(F)F. The number of hydrogen-bond donors (Lipinski definition) is 0. The lowest BCUT2D eigenvalue weighted by Gasteiger charge is -2.25. The van der Waals surface area contributed by atoms with E-state index >= 15 is 0 Å². The molecule has 0 fully saturated rings. The Morgan fingerprint density at radius 2 is 1.52 bits per heavy atom. The van der Waals surface area contributed by atoms with E-state index in [1.807, 2.05) is 6.07 Å². The van der Waals surface area contributed by atoms with Gasteiger partial charge in [0.25, 0.3) is 0 Å². The maximum atomic E-state index is 12.9. The van der Waals surface area contributed by atoms with Crippen molar-refractivity contribution in [1.82, 2.24) is 0 Å². The maximum absolute atomic E-state index is 12.9. The Morgan fingerprint density at radius 1 is 0.960 bits per heavy atom. The highest BCUT2D eigenvalue weighted by Gasteiger charge is 2.50. The number of benzene rings is 2. The van der Waals surface area contributed by atoms with Crippen molar-refractivity contribution in [2.45, 2.75) is 12.4 Å². The molecule has 0 aliphatic heterocycles. The summed E-state index contributed by atoms with van der Waals surface area (Å²) in [6.07, 6.45) is 0. The molecule has 2 aromatic rings. The molecule has 0 saturated carbocycles. The molecule has 0 saturated heterocycles. The molecule has 0 radical (unpaired) electrons. The molecule has 0 atom stereocenters. The average molecular weight is 375 g/mol. The van der Waals surface area contributed by atoms with Gasteiger partial charge in [-0.25, -0.2) is 4.31 Å². The zero-order valence-corrected chi connectivity index (χ0v) is 14.0. The second kappa shape index (κ2) is 7.75. The summed E-state index contributed by atoms with van der Waals surface area (Å²) in [4.78, 5) is 0. The maximum Gasteiger partial charge on any atom is 0.516 e. The molecule has 0 unspecified atom stereocenters. The van der Waals surface area contributed by atoms with E-state index in [9.17, 15) is 21.6 Å². The predicted octanol–water partition coefficient (Wildman–Crippen LogP) is 4.13. The minimum Gasteiger partial charge on any atom is -0.457 e. The zero-order valence-electron chi connectivity index (χ0n) is 13.2. The topological polar surface area (TPSA) is 55.8 Å². The third-order valence-electron chi connectivity index (χ3n) is 3.10. The standard InChI is InChI=1S/C16H16F3NO4S/c1-2-23-12-20(25(21,22)16(17,18)19)13-8-10-15(11-9-13)24-14-6-4-3-5-7-14/h3-11H,2,12H2,1H3. The summed E-state index contributed by atoms with van der Waals surface area (Å²) in [6, 6.07) is 14.0. The summed E-state index contributed by atoms with van der Waals surface area (Å²) >= 11 is 0. The van der Waals surface area contributed by atoms with Crippen molar-refractivity contribution in [3.63, 3.8) is 0 Å². The highest BCUT2D eigenvalue weighted by atomic mass is 32.2. The van der Waals surface area contributed by atoms with Gasteiger partial charge in [0.1, 0.15) is 18.2 Å².